The molecule has 4 nitrogen and oxygen atoms in total. The molecule has 0 bridgehead atoms. The highest BCUT2D eigenvalue weighted by Crippen LogP contribution is 2.24. The summed E-state index contributed by atoms with van der Waals surface area (Å²) in [6, 6.07) is 5.50. The molecule has 0 unspecified atom stereocenters. The maximum atomic E-state index is 11.2. The van der Waals surface area contributed by atoms with Crippen molar-refractivity contribution in [1.82, 2.24) is 9.47 Å². The minimum absolute atomic E-state index is 0.379. The van der Waals surface area contributed by atoms with Gasteiger partial charge >= 0.3 is 5.97 Å². The van der Waals surface area contributed by atoms with Gasteiger partial charge in [0, 0.05) is 30.2 Å². The van der Waals surface area contributed by atoms with Gasteiger partial charge in [-0.15, -0.1) is 0 Å². The Morgan fingerprint density at radius 2 is 2.00 bits per heavy atom. The maximum Gasteiger partial charge on any atom is 0.335 e. The number of likely N-dealkylation sites (tertiary alicyclic amines) is 1. The Morgan fingerprint density at radius 3 is 2.68 bits per heavy atom. The minimum atomic E-state index is -0.851. The minimum Gasteiger partial charge on any atom is -0.478 e. The average Bonchev–Trinajstić information content (AvgIpc) is 3.13. The van der Waals surface area contributed by atoms with E-state index < -0.39 is 5.97 Å². The first kappa shape index (κ1) is 15.1. The molecule has 0 saturated carbocycles. The highest BCUT2D eigenvalue weighted by Gasteiger charge is 2.15. The molecule has 0 amide bonds. The molecule has 4 heteroatoms. The first-order valence-electron chi connectivity index (χ1n) is 8.26. The molecular weight excluding hydrogens is 276 g/mol. The smallest absolute Gasteiger partial charge is 0.335 e. The van der Waals surface area contributed by atoms with Crippen molar-refractivity contribution >= 4 is 16.9 Å². The predicted molar refractivity (Wildman–Crippen MR) is 88.6 cm³/mol. The van der Waals surface area contributed by atoms with E-state index in [0.29, 0.717) is 5.56 Å². The van der Waals surface area contributed by atoms with E-state index in [1.54, 1.807) is 6.07 Å². The summed E-state index contributed by atoms with van der Waals surface area (Å²) in [6.07, 6.45) is 6.91. The number of aromatic nitrogens is 1. The van der Waals surface area contributed by atoms with E-state index in [2.05, 4.69) is 22.6 Å². The Labute approximate surface area is 131 Å². The second kappa shape index (κ2) is 6.53. The number of rotatable bonds is 6. The van der Waals surface area contributed by atoms with Crippen molar-refractivity contribution in [2.75, 3.05) is 19.6 Å². The maximum absolute atomic E-state index is 11.2. The van der Waals surface area contributed by atoms with Crippen LogP contribution in [0, 0.1) is 0 Å². The van der Waals surface area contributed by atoms with Gasteiger partial charge in [-0.25, -0.2) is 4.79 Å². The molecule has 1 aliphatic rings. The lowest BCUT2D eigenvalue weighted by Gasteiger charge is -2.13. The lowest BCUT2D eigenvalue weighted by molar-refractivity contribution is 0.0697. The second-order valence-corrected chi connectivity index (χ2v) is 6.18. The lowest BCUT2D eigenvalue weighted by atomic mass is 10.1. The molecule has 1 fully saturated rings. The largest absolute Gasteiger partial charge is 0.478 e. The summed E-state index contributed by atoms with van der Waals surface area (Å²) >= 11 is 0. The summed E-state index contributed by atoms with van der Waals surface area (Å²) in [7, 11) is 0. The van der Waals surface area contributed by atoms with E-state index in [1.807, 2.05) is 12.1 Å². The fourth-order valence-electron chi connectivity index (χ4n) is 3.41. The van der Waals surface area contributed by atoms with E-state index in [9.17, 15) is 9.90 Å². The molecule has 0 atom stereocenters. The van der Waals surface area contributed by atoms with Crippen LogP contribution >= 0.6 is 0 Å². The van der Waals surface area contributed by atoms with Gasteiger partial charge in [0.25, 0.3) is 0 Å². The van der Waals surface area contributed by atoms with Crippen LogP contribution in [0.15, 0.2) is 24.4 Å². The van der Waals surface area contributed by atoms with Gasteiger partial charge in [0.15, 0.2) is 0 Å². The molecule has 1 saturated heterocycles. The number of aryl methyl sites for hydroxylation is 1. The molecule has 1 N–H and O–H groups in total. The third-order valence-electron chi connectivity index (χ3n) is 4.57. The number of carboxylic acid groups (broad SMARTS) is 1. The topological polar surface area (TPSA) is 45.5 Å². The molecule has 1 aromatic carbocycles. The Hall–Kier alpha value is -1.81. The van der Waals surface area contributed by atoms with Gasteiger partial charge in [0.2, 0.25) is 0 Å². The van der Waals surface area contributed by atoms with E-state index >= 15 is 0 Å². The molecule has 0 aliphatic carbocycles. The molecule has 1 aliphatic heterocycles. The molecule has 2 heterocycles. The second-order valence-electron chi connectivity index (χ2n) is 6.18. The number of carbonyl (C=O) groups is 1. The lowest BCUT2D eigenvalue weighted by Crippen LogP contribution is -2.21. The van der Waals surface area contributed by atoms with Crippen LogP contribution in [-0.4, -0.2) is 40.2 Å². The number of carboxylic acids is 1. The quantitative estimate of drug-likeness (QED) is 0.889. The summed E-state index contributed by atoms with van der Waals surface area (Å²) in [5.41, 5.74) is 2.81. The van der Waals surface area contributed by atoms with Crippen molar-refractivity contribution in [2.45, 2.75) is 39.2 Å². The molecule has 1 aromatic heterocycles. The number of nitrogens with zero attached hydrogens (tertiary/aromatic N) is 2. The van der Waals surface area contributed by atoms with Crippen LogP contribution in [0.2, 0.25) is 0 Å². The molecule has 3 rings (SSSR count). The summed E-state index contributed by atoms with van der Waals surface area (Å²) in [6.45, 7) is 6.62. The Bertz CT molecular complexity index is 669. The van der Waals surface area contributed by atoms with E-state index in [1.165, 1.54) is 31.5 Å². The third-order valence-corrected chi connectivity index (χ3v) is 4.57. The average molecular weight is 300 g/mol. The number of aromatic carboxylic acids is 1. The van der Waals surface area contributed by atoms with Gasteiger partial charge in [0.1, 0.15) is 0 Å². The number of fused-ring (bicyclic) bond motifs is 1. The van der Waals surface area contributed by atoms with Gasteiger partial charge in [-0.1, -0.05) is 6.92 Å². The van der Waals surface area contributed by atoms with Crippen molar-refractivity contribution in [3.05, 3.63) is 35.5 Å². The normalized spacial score (nSPS) is 15.7. The van der Waals surface area contributed by atoms with Gasteiger partial charge in [0.05, 0.1) is 5.56 Å². The van der Waals surface area contributed by atoms with Crippen molar-refractivity contribution in [2.24, 2.45) is 0 Å². The van der Waals surface area contributed by atoms with Gasteiger partial charge in [-0.2, -0.15) is 0 Å². The fourth-order valence-corrected chi connectivity index (χ4v) is 3.41. The van der Waals surface area contributed by atoms with E-state index in [0.717, 1.165) is 36.8 Å². The third kappa shape index (κ3) is 3.02. The summed E-state index contributed by atoms with van der Waals surface area (Å²) in [4.78, 5) is 13.7. The zero-order valence-corrected chi connectivity index (χ0v) is 13.2. The SMILES string of the molecule is CCCn1cc(CCN2CCCC2)c2cc(C(=O)O)ccc21. The standard InChI is InChI=1S/C18H24N2O2/c1-2-8-20-13-15(7-11-19-9-3-4-10-19)16-12-14(18(21)22)5-6-17(16)20/h5-6,12-13H,2-4,7-11H2,1H3,(H,21,22). The molecule has 2 aromatic rings. The highest BCUT2D eigenvalue weighted by molar-refractivity contribution is 5.95. The fraction of sp³-hybridized carbons (Fsp3) is 0.500. The van der Waals surface area contributed by atoms with Crippen LogP contribution in [0.25, 0.3) is 10.9 Å². The van der Waals surface area contributed by atoms with Gasteiger partial charge < -0.3 is 14.6 Å². The number of hydrogen-bond donors (Lipinski definition) is 1. The van der Waals surface area contributed by atoms with Crippen LogP contribution in [0.5, 0.6) is 0 Å². The first-order valence-corrected chi connectivity index (χ1v) is 8.26. The zero-order valence-electron chi connectivity index (χ0n) is 13.2. The summed E-state index contributed by atoms with van der Waals surface area (Å²) < 4.78 is 2.26. The Kier molecular flexibility index (Phi) is 4.48. The number of benzene rings is 1. The van der Waals surface area contributed by atoms with Crippen molar-refractivity contribution in [1.29, 1.82) is 0 Å². The molecule has 22 heavy (non-hydrogen) atoms. The number of hydrogen-bond acceptors (Lipinski definition) is 2. The van der Waals surface area contributed by atoms with E-state index in [4.69, 9.17) is 0 Å². The zero-order chi connectivity index (χ0) is 15.5. The molecule has 118 valence electrons. The monoisotopic (exact) mass is 300 g/mol. The summed E-state index contributed by atoms with van der Waals surface area (Å²) in [5.74, 6) is -0.851. The van der Waals surface area contributed by atoms with E-state index in [-0.39, 0.29) is 0 Å². The molecule has 0 spiro atoms. The van der Waals surface area contributed by atoms with Crippen LogP contribution < -0.4 is 0 Å². The highest BCUT2D eigenvalue weighted by atomic mass is 16.4. The van der Waals surface area contributed by atoms with Crippen molar-refractivity contribution < 1.29 is 9.90 Å². The van der Waals surface area contributed by atoms with Crippen LogP contribution in [0.1, 0.15) is 42.1 Å². The predicted octanol–water partition coefficient (Wildman–Crippen LogP) is 3.39. The van der Waals surface area contributed by atoms with Crippen LogP contribution in [0.4, 0.5) is 0 Å². The summed E-state index contributed by atoms with van der Waals surface area (Å²) in [5, 5.41) is 10.3. The first-order chi connectivity index (χ1) is 10.7. The Balaban J connectivity index is 1.91. The van der Waals surface area contributed by atoms with Crippen LogP contribution in [-0.2, 0) is 13.0 Å². The Morgan fingerprint density at radius 1 is 1.23 bits per heavy atom. The molecular formula is C18H24N2O2. The van der Waals surface area contributed by atoms with Crippen molar-refractivity contribution in [3.8, 4) is 0 Å². The van der Waals surface area contributed by atoms with Crippen LogP contribution in [0.3, 0.4) is 0 Å². The van der Waals surface area contributed by atoms with Gasteiger partial charge in [-0.05, 0) is 62.5 Å². The molecule has 0 radical (unpaired) electrons. The van der Waals surface area contributed by atoms with Crippen molar-refractivity contribution in [3.63, 3.8) is 0 Å². The van der Waals surface area contributed by atoms with Gasteiger partial charge in [-0.3, -0.25) is 0 Å².